The van der Waals surface area contributed by atoms with Crippen molar-refractivity contribution in [1.29, 1.82) is 5.26 Å². The summed E-state index contributed by atoms with van der Waals surface area (Å²) in [6, 6.07) is 6.57. The van der Waals surface area contributed by atoms with E-state index in [0.29, 0.717) is 17.7 Å². The fourth-order valence-corrected chi connectivity index (χ4v) is 2.93. The Morgan fingerprint density at radius 1 is 1.26 bits per heavy atom. The van der Waals surface area contributed by atoms with Crippen LogP contribution in [0, 0.1) is 18.3 Å². The minimum atomic E-state index is -3.45. The van der Waals surface area contributed by atoms with Crippen LogP contribution in [0.3, 0.4) is 0 Å². The molecule has 0 aliphatic rings. The van der Waals surface area contributed by atoms with Crippen molar-refractivity contribution in [2.75, 3.05) is 6.54 Å². The predicted octanol–water partition coefficient (Wildman–Crippen LogP) is 2.73. The van der Waals surface area contributed by atoms with Gasteiger partial charge in [-0.25, -0.2) is 13.1 Å². The summed E-state index contributed by atoms with van der Waals surface area (Å²) in [4.78, 5) is 0.222. The average molecular weight is 280 g/mol. The highest BCUT2D eigenvalue weighted by molar-refractivity contribution is 7.89. The van der Waals surface area contributed by atoms with Gasteiger partial charge in [0.05, 0.1) is 16.5 Å². The number of benzene rings is 1. The Kier molecular flexibility index (Phi) is 6.00. The molecule has 0 fully saturated rings. The molecular formula is C14H20N2O2S. The van der Waals surface area contributed by atoms with Gasteiger partial charge in [0.2, 0.25) is 10.0 Å². The second-order valence-electron chi connectivity index (χ2n) is 4.55. The maximum atomic E-state index is 12.0. The first-order valence-corrected chi connectivity index (χ1v) is 8.00. The second kappa shape index (κ2) is 7.27. The van der Waals surface area contributed by atoms with Gasteiger partial charge in [0, 0.05) is 6.54 Å². The van der Waals surface area contributed by atoms with Crippen molar-refractivity contribution in [2.24, 2.45) is 0 Å². The maximum Gasteiger partial charge on any atom is 0.240 e. The van der Waals surface area contributed by atoms with Crippen LogP contribution in [0.4, 0.5) is 0 Å². The Bertz CT molecular complexity index is 559. The first kappa shape index (κ1) is 15.7. The summed E-state index contributed by atoms with van der Waals surface area (Å²) in [6.45, 7) is 4.31. The molecular weight excluding hydrogens is 260 g/mol. The summed E-state index contributed by atoms with van der Waals surface area (Å²) >= 11 is 0. The number of aryl methyl sites for hydroxylation is 1. The molecule has 1 N–H and O–H groups in total. The summed E-state index contributed by atoms with van der Waals surface area (Å²) in [5, 5.41) is 8.82. The average Bonchev–Trinajstić information content (AvgIpc) is 2.38. The van der Waals surface area contributed by atoms with E-state index >= 15 is 0 Å². The third-order valence-electron chi connectivity index (χ3n) is 2.95. The van der Waals surface area contributed by atoms with Crippen molar-refractivity contribution < 1.29 is 8.42 Å². The molecule has 5 heteroatoms. The zero-order valence-electron chi connectivity index (χ0n) is 11.4. The van der Waals surface area contributed by atoms with Gasteiger partial charge in [-0.2, -0.15) is 5.26 Å². The molecule has 0 radical (unpaired) electrons. The van der Waals surface area contributed by atoms with Crippen LogP contribution >= 0.6 is 0 Å². The van der Waals surface area contributed by atoms with E-state index in [-0.39, 0.29) is 4.90 Å². The van der Waals surface area contributed by atoms with Crippen molar-refractivity contribution in [3.8, 4) is 6.07 Å². The van der Waals surface area contributed by atoms with Crippen LogP contribution in [0.2, 0.25) is 0 Å². The molecule has 0 aliphatic heterocycles. The number of sulfonamides is 1. The molecule has 0 aliphatic carbocycles. The van der Waals surface area contributed by atoms with E-state index in [1.165, 1.54) is 12.1 Å². The van der Waals surface area contributed by atoms with Gasteiger partial charge in [-0.15, -0.1) is 0 Å². The number of unbranched alkanes of at least 4 members (excludes halogenated alkanes) is 3. The molecule has 104 valence electrons. The van der Waals surface area contributed by atoms with Gasteiger partial charge in [-0.05, 0) is 37.1 Å². The largest absolute Gasteiger partial charge is 0.240 e. The van der Waals surface area contributed by atoms with Gasteiger partial charge < -0.3 is 0 Å². The SMILES string of the molecule is CCCCCCNS(=O)(=O)c1ccc(C#N)c(C)c1. The van der Waals surface area contributed by atoms with Crippen molar-refractivity contribution in [3.05, 3.63) is 29.3 Å². The summed E-state index contributed by atoms with van der Waals surface area (Å²) in [7, 11) is -3.45. The van der Waals surface area contributed by atoms with E-state index in [0.717, 1.165) is 25.7 Å². The molecule has 0 atom stereocenters. The lowest BCUT2D eigenvalue weighted by atomic mass is 10.1. The molecule has 0 spiro atoms. The van der Waals surface area contributed by atoms with Gasteiger partial charge in [-0.1, -0.05) is 26.2 Å². The number of nitriles is 1. The van der Waals surface area contributed by atoms with E-state index in [1.807, 2.05) is 6.07 Å². The predicted molar refractivity (Wildman–Crippen MR) is 75.2 cm³/mol. The number of rotatable bonds is 7. The van der Waals surface area contributed by atoms with Crippen molar-refractivity contribution in [1.82, 2.24) is 4.72 Å². The molecule has 0 saturated heterocycles. The van der Waals surface area contributed by atoms with Gasteiger partial charge in [0.15, 0.2) is 0 Å². The zero-order valence-corrected chi connectivity index (χ0v) is 12.3. The minimum absolute atomic E-state index is 0.222. The Hall–Kier alpha value is -1.38. The summed E-state index contributed by atoms with van der Waals surface area (Å²) in [6.07, 6.45) is 4.13. The molecule has 0 saturated carbocycles. The third-order valence-corrected chi connectivity index (χ3v) is 4.41. The standard InChI is InChI=1S/C14H20N2O2S/c1-3-4-5-6-9-16-19(17,18)14-8-7-13(11-15)12(2)10-14/h7-8,10,16H,3-6,9H2,1-2H3. The third kappa shape index (κ3) is 4.66. The quantitative estimate of drug-likeness (QED) is 0.781. The number of hydrogen-bond acceptors (Lipinski definition) is 3. The van der Waals surface area contributed by atoms with Crippen molar-refractivity contribution >= 4 is 10.0 Å². The summed E-state index contributed by atoms with van der Waals surface area (Å²) in [5.74, 6) is 0. The lowest BCUT2D eigenvalue weighted by Crippen LogP contribution is -2.24. The van der Waals surface area contributed by atoms with E-state index in [4.69, 9.17) is 5.26 Å². The summed E-state index contributed by atoms with van der Waals surface area (Å²) < 4.78 is 26.6. The highest BCUT2D eigenvalue weighted by atomic mass is 32.2. The highest BCUT2D eigenvalue weighted by Gasteiger charge is 2.14. The van der Waals surface area contributed by atoms with Crippen LogP contribution in [0.25, 0.3) is 0 Å². The van der Waals surface area contributed by atoms with Gasteiger partial charge in [-0.3, -0.25) is 0 Å². The smallest absolute Gasteiger partial charge is 0.211 e. The van der Waals surface area contributed by atoms with E-state index in [1.54, 1.807) is 13.0 Å². The number of nitrogens with one attached hydrogen (secondary N) is 1. The van der Waals surface area contributed by atoms with Gasteiger partial charge >= 0.3 is 0 Å². The topological polar surface area (TPSA) is 70.0 Å². The van der Waals surface area contributed by atoms with E-state index in [9.17, 15) is 8.42 Å². The van der Waals surface area contributed by atoms with Crippen LogP contribution in [0.5, 0.6) is 0 Å². The molecule has 0 heterocycles. The van der Waals surface area contributed by atoms with Gasteiger partial charge in [0.1, 0.15) is 0 Å². The summed E-state index contributed by atoms with van der Waals surface area (Å²) in [5.41, 5.74) is 1.18. The van der Waals surface area contributed by atoms with Crippen LogP contribution < -0.4 is 4.72 Å². The molecule has 19 heavy (non-hydrogen) atoms. The Morgan fingerprint density at radius 3 is 2.58 bits per heavy atom. The zero-order chi connectivity index (χ0) is 14.3. The fourth-order valence-electron chi connectivity index (χ4n) is 1.77. The minimum Gasteiger partial charge on any atom is -0.211 e. The molecule has 1 aromatic carbocycles. The molecule has 0 unspecified atom stereocenters. The van der Waals surface area contributed by atoms with Crippen LogP contribution in [0.1, 0.15) is 43.7 Å². The monoisotopic (exact) mass is 280 g/mol. The first-order valence-electron chi connectivity index (χ1n) is 6.51. The lowest BCUT2D eigenvalue weighted by Gasteiger charge is -2.08. The van der Waals surface area contributed by atoms with E-state index < -0.39 is 10.0 Å². The number of nitrogens with zero attached hydrogens (tertiary/aromatic N) is 1. The number of hydrogen-bond donors (Lipinski definition) is 1. The van der Waals surface area contributed by atoms with Crippen LogP contribution in [0.15, 0.2) is 23.1 Å². The molecule has 0 aromatic heterocycles. The Labute approximate surface area is 115 Å². The van der Waals surface area contributed by atoms with E-state index in [2.05, 4.69) is 11.6 Å². The van der Waals surface area contributed by atoms with Crippen LogP contribution in [-0.2, 0) is 10.0 Å². The van der Waals surface area contributed by atoms with Crippen molar-refractivity contribution in [2.45, 2.75) is 44.4 Å². The lowest BCUT2D eigenvalue weighted by molar-refractivity contribution is 0.573. The van der Waals surface area contributed by atoms with Crippen LogP contribution in [-0.4, -0.2) is 15.0 Å². The second-order valence-corrected chi connectivity index (χ2v) is 6.31. The normalized spacial score (nSPS) is 11.2. The maximum absolute atomic E-state index is 12.0. The first-order chi connectivity index (χ1) is 9.01. The van der Waals surface area contributed by atoms with Gasteiger partial charge in [0.25, 0.3) is 0 Å². The molecule has 0 amide bonds. The highest BCUT2D eigenvalue weighted by Crippen LogP contribution is 2.14. The molecule has 4 nitrogen and oxygen atoms in total. The molecule has 0 bridgehead atoms. The molecule has 1 rings (SSSR count). The Balaban J connectivity index is 2.68. The molecule has 1 aromatic rings. The van der Waals surface area contributed by atoms with Crippen molar-refractivity contribution in [3.63, 3.8) is 0 Å². The Morgan fingerprint density at radius 2 is 2.00 bits per heavy atom. The fraction of sp³-hybridized carbons (Fsp3) is 0.500.